The van der Waals surface area contributed by atoms with E-state index in [1.807, 2.05) is 6.07 Å². The number of pyridine rings is 1. The molecule has 0 bridgehead atoms. The van der Waals surface area contributed by atoms with E-state index in [0.717, 1.165) is 47.0 Å². The number of nitrogens with one attached hydrogen (secondary N) is 2. The average Bonchev–Trinajstić information content (AvgIpc) is 2.98. The van der Waals surface area contributed by atoms with Crippen molar-refractivity contribution in [1.82, 2.24) is 4.98 Å². The Bertz CT molecular complexity index is 789. The second kappa shape index (κ2) is 5.01. The molecule has 0 spiro atoms. The van der Waals surface area contributed by atoms with Crippen LogP contribution in [0.2, 0.25) is 0 Å². The van der Waals surface area contributed by atoms with Gasteiger partial charge in [0.25, 0.3) is 0 Å². The molecule has 6 N–H and O–H groups in total. The number of nitrogens with two attached hydrogens (primary N) is 2. The lowest BCUT2D eigenvalue weighted by atomic mass is 9.96. The lowest BCUT2D eigenvalue weighted by Gasteiger charge is -2.14. The predicted molar refractivity (Wildman–Crippen MR) is 87.0 cm³/mol. The number of fused-ring (bicyclic) bond motifs is 3. The number of hydrogen-bond donors (Lipinski definition) is 4. The molecule has 1 aliphatic rings. The molecule has 0 radical (unpaired) electrons. The monoisotopic (exact) mass is 279 g/mol. The fourth-order valence-corrected chi connectivity index (χ4v) is 3.09. The van der Waals surface area contributed by atoms with Gasteiger partial charge < -0.3 is 22.3 Å². The largest absolute Gasteiger partial charge is 0.404 e. The van der Waals surface area contributed by atoms with Gasteiger partial charge in [-0.25, -0.2) is 4.98 Å². The fraction of sp³-hybridized carbons (Fsp3) is 0.188. The highest BCUT2D eigenvalue weighted by atomic mass is 14.7. The van der Waals surface area contributed by atoms with E-state index in [1.54, 1.807) is 6.07 Å². The van der Waals surface area contributed by atoms with Crippen molar-refractivity contribution >= 4 is 34.6 Å². The molecule has 0 aliphatic heterocycles. The van der Waals surface area contributed by atoms with E-state index in [4.69, 9.17) is 22.3 Å². The van der Waals surface area contributed by atoms with Crippen LogP contribution in [0.15, 0.2) is 18.3 Å². The third-order valence-electron chi connectivity index (χ3n) is 4.05. The summed E-state index contributed by atoms with van der Waals surface area (Å²) in [6.07, 6.45) is 6.88. The smallest absolute Gasteiger partial charge is 0.0774 e. The van der Waals surface area contributed by atoms with Gasteiger partial charge in [0, 0.05) is 40.8 Å². The van der Waals surface area contributed by atoms with Gasteiger partial charge in [-0.15, -0.1) is 0 Å². The molecule has 0 fully saturated rings. The van der Waals surface area contributed by atoms with Crippen LogP contribution in [0.1, 0.15) is 28.8 Å². The zero-order chi connectivity index (χ0) is 15.0. The highest BCUT2D eigenvalue weighted by Crippen LogP contribution is 2.36. The van der Waals surface area contributed by atoms with Crippen LogP contribution in [0, 0.1) is 10.8 Å². The van der Waals surface area contributed by atoms with Gasteiger partial charge in [0.15, 0.2) is 0 Å². The summed E-state index contributed by atoms with van der Waals surface area (Å²) in [4.78, 5) is 4.68. The molecular formula is C16H17N5. The lowest BCUT2D eigenvalue weighted by Crippen LogP contribution is -2.04. The number of nitrogens with zero attached hydrogens (tertiary/aromatic N) is 1. The molecule has 0 saturated heterocycles. The quantitative estimate of drug-likeness (QED) is 0.510. The number of hydrogen-bond acceptors (Lipinski definition) is 5. The van der Waals surface area contributed by atoms with Crippen molar-refractivity contribution in [3.05, 3.63) is 40.7 Å². The maximum absolute atomic E-state index is 7.64. The van der Waals surface area contributed by atoms with Crippen LogP contribution in [-0.4, -0.2) is 17.4 Å². The first-order valence-corrected chi connectivity index (χ1v) is 6.88. The molecule has 1 aliphatic carbocycles. The first kappa shape index (κ1) is 13.3. The molecule has 1 aromatic carbocycles. The number of aryl methyl sites for hydroxylation is 1. The summed E-state index contributed by atoms with van der Waals surface area (Å²) in [5.41, 5.74) is 17.5. The van der Waals surface area contributed by atoms with Crippen LogP contribution in [0.3, 0.4) is 0 Å². The van der Waals surface area contributed by atoms with Crippen molar-refractivity contribution in [3.8, 4) is 0 Å². The van der Waals surface area contributed by atoms with Crippen molar-refractivity contribution in [3.63, 3.8) is 0 Å². The van der Waals surface area contributed by atoms with Crippen molar-refractivity contribution in [2.24, 2.45) is 5.73 Å². The molecule has 3 rings (SSSR count). The Morgan fingerprint density at radius 1 is 1.19 bits per heavy atom. The molecule has 0 amide bonds. The third-order valence-corrected chi connectivity index (χ3v) is 4.05. The third kappa shape index (κ3) is 1.89. The van der Waals surface area contributed by atoms with Gasteiger partial charge in [-0.2, -0.15) is 0 Å². The first-order valence-electron chi connectivity index (χ1n) is 6.88. The molecule has 0 unspecified atom stereocenters. The van der Waals surface area contributed by atoms with Crippen LogP contribution in [0.25, 0.3) is 16.5 Å². The van der Waals surface area contributed by atoms with Crippen molar-refractivity contribution in [1.29, 1.82) is 10.8 Å². The van der Waals surface area contributed by atoms with Crippen LogP contribution in [0.5, 0.6) is 0 Å². The van der Waals surface area contributed by atoms with E-state index < -0.39 is 0 Å². The Hall–Kier alpha value is -2.69. The zero-order valence-corrected chi connectivity index (χ0v) is 11.6. The number of benzene rings is 1. The number of allylic oxidation sites excluding steroid dienone is 1. The van der Waals surface area contributed by atoms with Crippen LogP contribution in [0.4, 0.5) is 5.69 Å². The molecule has 0 saturated carbocycles. The Labute approximate surface area is 122 Å². The zero-order valence-electron chi connectivity index (χ0n) is 11.6. The minimum absolute atomic E-state index is 0.600. The average molecular weight is 279 g/mol. The van der Waals surface area contributed by atoms with Gasteiger partial charge in [0.1, 0.15) is 0 Å². The van der Waals surface area contributed by atoms with Gasteiger partial charge in [-0.05, 0) is 42.5 Å². The Morgan fingerprint density at radius 3 is 2.62 bits per heavy atom. The molecule has 21 heavy (non-hydrogen) atoms. The van der Waals surface area contributed by atoms with E-state index >= 15 is 0 Å². The van der Waals surface area contributed by atoms with Gasteiger partial charge >= 0.3 is 0 Å². The lowest BCUT2D eigenvalue weighted by molar-refractivity contribution is 0.911. The summed E-state index contributed by atoms with van der Waals surface area (Å²) in [5, 5.41) is 16.1. The standard InChI is InChI=1S/C16H17N5/c17-6-9(7-18)16-11-3-1-2-10(11)15-12(8-19)13(20)4-5-14(15)21-16/h4-8,17,19H,1-3,18,20H2/b9-7+,17-6?,19-8?. The molecule has 1 aromatic heterocycles. The molecule has 2 aromatic rings. The van der Waals surface area contributed by atoms with Crippen molar-refractivity contribution < 1.29 is 0 Å². The summed E-state index contributed by atoms with van der Waals surface area (Å²) in [5.74, 6) is 0. The predicted octanol–water partition coefficient (Wildman–Crippen LogP) is 2.25. The van der Waals surface area contributed by atoms with Crippen molar-refractivity contribution in [2.75, 3.05) is 5.73 Å². The number of anilines is 1. The molecular weight excluding hydrogens is 262 g/mol. The second-order valence-corrected chi connectivity index (χ2v) is 5.14. The summed E-state index contributed by atoms with van der Waals surface area (Å²) >= 11 is 0. The van der Waals surface area contributed by atoms with E-state index in [0.29, 0.717) is 11.3 Å². The first-order chi connectivity index (χ1) is 10.2. The molecule has 5 heteroatoms. The Balaban J connectivity index is 2.45. The van der Waals surface area contributed by atoms with Crippen LogP contribution >= 0.6 is 0 Å². The van der Waals surface area contributed by atoms with E-state index in [2.05, 4.69) is 4.98 Å². The van der Waals surface area contributed by atoms with Gasteiger partial charge in [-0.1, -0.05) is 0 Å². The van der Waals surface area contributed by atoms with Crippen LogP contribution in [-0.2, 0) is 12.8 Å². The van der Waals surface area contributed by atoms with E-state index in [-0.39, 0.29) is 0 Å². The van der Waals surface area contributed by atoms with Gasteiger partial charge in [0.05, 0.1) is 11.2 Å². The Morgan fingerprint density at radius 2 is 1.95 bits per heavy atom. The van der Waals surface area contributed by atoms with Crippen molar-refractivity contribution in [2.45, 2.75) is 19.3 Å². The SMILES string of the molecule is N=C/C(=C\N)c1nc2ccc(N)c(C=N)c2c2c1CCC2. The van der Waals surface area contributed by atoms with Gasteiger partial charge in [0.2, 0.25) is 0 Å². The minimum atomic E-state index is 0.600. The highest BCUT2D eigenvalue weighted by Gasteiger charge is 2.23. The number of nitrogen functional groups attached to an aromatic ring is 1. The molecule has 106 valence electrons. The fourth-order valence-electron chi connectivity index (χ4n) is 3.09. The van der Waals surface area contributed by atoms with E-state index in [9.17, 15) is 0 Å². The summed E-state index contributed by atoms with van der Waals surface area (Å²) in [6, 6.07) is 3.65. The van der Waals surface area contributed by atoms with Gasteiger partial charge in [-0.3, -0.25) is 0 Å². The maximum Gasteiger partial charge on any atom is 0.0774 e. The summed E-state index contributed by atoms with van der Waals surface area (Å²) in [7, 11) is 0. The minimum Gasteiger partial charge on any atom is -0.404 e. The molecule has 1 heterocycles. The Kier molecular flexibility index (Phi) is 3.17. The molecule has 5 nitrogen and oxygen atoms in total. The highest BCUT2D eigenvalue weighted by molar-refractivity contribution is 6.10. The van der Waals surface area contributed by atoms with Crippen LogP contribution < -0.4 is 11.5 Å². The number of rotatable bonds is 3. The maximum atomic E-state index is 7.64. The number of aromatic nitrogens is 1. The molecule has 0 atom stereocenters. The normalized spacial score (nSPS) is 14.2. The van der Waals surface area contributed by atoms with E-state index in [1.165, 1.54) is 24.2 Å². The summed E-state index contributed by atoms with van der Waals surface area (Å²) < 4.78 is 0. The second-order valence-electron chi connectivity index (χ2n) is 5.14. The summed E-state index contributed by atoms with van der Waals surface area (Å²) in [6.45, 7) is 0. The topological polar surface area (TPSA) is 113 Å².